The van der Waals surface area contributed by atoms with Gasteiger partial charge in [-0.3, -0.25) is 0 Å². The van der Waals surface area contributed by atoms with Crippen LogP contribution in [0, 0.1) is 0 Å². The van der Waals surface area contributed by atoms with Gasteiger partial charge in [-0.05, 0) is 30.3 Å². The Morgan fingerprint density at radius 2 is 1.83 bits per heavy atom. The molecule has 0 unspecified atom stereocenters. The van der Waals surface area contributed by atoms with E-state index in [0.717, 1.165) is 11.1 Å². The Bertz CT molecular complexity index is 928. The minimum absolute atomic E-state index is 0.0407. The smallest absolute Gasteiger partial charge is 0.341 e. The summed E-state index contributed by atoms with van der Waals surface area (Å²) in [5.41, 5.74) is 2.33. The molecule has 2 aromatic carbocycles. The van der Waals surface area contributed by atoms with Crippen molar-refractivity contribution >= 4 is 28.3 Å². The van der Waals surface area contributed by atoms with Crippen molar-refractivity contribution in [1.82, 2.24) is 0 Å². The molecule has 1 N–H and O–H groups in total. The molecule has 0 aliphatic carbocycles. The summed E-state index contributed by atoms with van der Waals surface area (Å²) in [6.07, 6.45) is 0. The molecule has 0 amide bonds. The molecule has 0 spiro atoms. The van der Waals surface area contributed by atoms with Gasteiger partial charge in [0.05, 0.1) is 5.69 Å². The molecule has 5 heteroatoms. The molecule has 0 fully saturated rings. The lowest BCUT2D eigenvalue weighted by Gasteiger charge is -2.12. The number of carboxylic acids is 1. The van der Waals surface area contributed by atoms with Gasteiger partial charge in [0.15, 0.2) is 0 Å². The van der Waals surface area contributed by atoms with Gasteiger partial charge in [-0.25, -0.2) is 9.79 Å². The van der Waals surface area contributed by atoms with Gasteiger partial charge in [0, 0.05) is 31.2 Å². The van der Waals surface area contributed by atoms with Crippen molar-refractivity contribution in [2.24, 2.45) is 4.99 Å². The van der Waals surface area contributed by atoms with Crippen LogP contribution in [0.5, 0.6) is 0 Å². The molecule has 0 aliphatic rings. The number of benzene rings is 2. The van der Waals surface area contributed by atoms with E-state index in [1.165, 1.54) is 0 Å². The zero-order chi connectivity index (χ0) is 16.4. The molecule has 3 aromatic rings. The number of carboxylic acid groups (broad SMARTS) is 1. The second-order valence-corrected chi connectivity index (χ2v) is 5.33. The van der Waals surface area contributed by atoms with Crippen molar-refractivity contribution in [3.05, 3.63) is 65.7 Å². The second kappa shape index (κ2) is 5.96. The molecule has 1 aromatic heterocycles. The predicted octanol–water partition coefficient (Wildman–Crippen LogP) is 3.43. The van der Waals surface area contributed by atoms with Gasteiger partial charge in [-0.1, -0.05) is 18.2 Å². The van der Waals surface area contributed by atoms with Gasteiger partial charge in [0.1, 0.15) is 11.1 Å². The van der Waals surface area contributed by atoms with Gasteiger partial charge < -0.3 is 14.4 Å². The first-order chi connectivity index (χ1) is 11.0. The standard InChI is InChI=1S/C18H16N2O3/c1-20(2)14-9-8-12-10-15(18(21)22)17(23-16(12)11-14)19-13-6-4-3-5-7-13/h3-11H,1-2H3,(H,21,22). The number of para-hydroxylation sites is 1. The number of nitrogens with zero attached hydrogens (tertiary/aromatic N) is 2. The summed E-state index contributed by atoms with van der Waals surface area (Å²) in [5, 5.41) is 10.1. The summed E-state index contributed by atoms with van der Waals surface area (Å²) in [6, 6.07) is 16.3. The Hall–Kier alpha value is -3.08. The molecule has 0 bridgehead atoms. The van der Waals surface area contributed by atoms with Crippen LogP contribution >= 0.6 is 0 Å². The molecule has 0 atom stereocenters. The second-order valence-electron chi connectivity index (χ2n) is 5.33. The van der Waals surface area contributed by atoms with Crippen LogP contribution in [-0.4, -0.2) is 25.2 Å². The summed E-state index contributed by atoms with van der Waals surface area (Å²) < 4.78 is 5.77. The average molecular weight is 308 g/mol. The highest BCUT2D eigenvalue weighted by Crippen LogP contribution is 2.21. The summed E-state index contributed by atoms with van der Waals surface area (Å²) in [7, 11) is 3.87. The largest absolute Gasteiger partial charge is 0.477 e. The van der Waals surface area contributed by atoms with E-state index in [-0.39, 0.29) is 11.1 Å². The molecule has 1 heterocycles. The van der Waals surface area contributed by atoms with Crippen LogP contribution in [-0.2, 0) is 0 Å². The Labute approximate surface area is 133 Å². The third kappa shape index (κ3) is 3.08. The van der Waals surface area contributed by atoms with Crippen LogP contribution in [0.15, 0.2) is 64.0 Å². The first-order valence-corrected chi connectivity index (χ1v) is 7.13. The molecular formula is C18H16N2O3. The summed E-state index contributed by atoms with van der Waals surface area (Å²) >= 11 is 0. The van der Waals surface area contributed by atoms with Gasteiger partial charge in [0.2, 0.25) is 5.55 Å². The minimum atomic E-state index is -1.07. The summed E-state index contributed by atoms with van der Waals surface area (Å²) in [6.45, 7) is 0. The maximum absolute atomic E-state index is 11.5. The van der Waals surface area contributed by atoms with Crippen LogP contribution in [0.25, 0.3) is 11.0 Å². The zero-order valence-electron chi connectivity index (χ0n) is 12.9. The maximum Gasteiger partial charge on any atom is 0.341 e. The number of fused-ring (bicyclic) bond motifs is 1. The number of anilines is 1. The quantitative estimate of drug-likeness (QED) is 0.805. The topological polar surface area (TPSA) is 66.0 Å². The molecule has 23 heavy (non-hydrogen) atoms. The monoisotopic (exact) mass is 308 g/mol. The zero-order valence-corrected chi connectivity index (χ0v) is 12.9. The lowest BCUT2D eigenvalue weighted by molar-refractivity contribution is 0.0692. The van der Waals surface area contributed by atoms with Crippen LogP contribution in [0.1, 0.15) is 10.4 Å². The fraction of sp³-hybridized carbons (Fsp3) is 0.111. The van der Waals surface area contributed by atoms with E-state index < -0.39 is 5.97 Å². The van der Waals surface area contributed by atoms with Crippen LogP contribution in [0.4, 0.5) is 11.4 Å². The third-order valence-electron chi connectivity index (χ3n) is 3.47. The van der Waals surface area contributed by atoms with E-state index in [9.17, 15) is 9.90 Å². The Balaban J connectivity index is 2.27. The highest BCUT2D eigenvalue weighted by Gasteiger charge is 2.11. The van der Waals surface area contributed by atoms with Gasteiger partial charge in [-0.15, -0.1) is 0 Å². The van der Waals surface area contributed by atoms with Gasteiger partial charge in [-0.2, -0.15) is 0 Å². The highest BCUT2D eigenvalue weighted by atomic mass is 16.4. The lowest BCUT2D eigenvalue weighted by Crippen LogP contribution is -2.15. The number of hydrogen-bond acceptors (Lipinski definition) is 4. The molecule has 0 aliphatic heterocycles. The van der Waals surface area contributed by atoms with Crippen molar-refractivity contribution in [1.29, 1.82) is 0 Å². The first kappa shape index (κ1) is 14.8. The maximum atomic E-state index is 11.5. The van der Waals surface area contributed by atoms with Crippen molar-refractivity contribution in [3.8, 4) is 0 Å². The Morgan fingerprint density at radius 3 is 2.48 bits per heavy atom. The third-order valence-corrected chi connectivity index (χ3v) is 3.47. The first-order valence-electron chi connectivity index (χ1n) is 7.13. The van der Waals surface area contributed by atoms with E-state index in [1.807, 2.05) is 55.4 Å². The highest BCUT2D eigenvalue weighted by molar-refractivity contribution is 5.92. The fourth-order valence-electron chi connectivity index (χ4n) is 2.24. The molecule has 5 nitrogen and oxygen atoms in total. The van der Waals surface area contributed by atoms with Crippen molar-refractivity contribution in [3.63, 3.8) is 0 Å². The van der Waals surface area contributed by atoms with E-state index in [4.69, 9.17) is 4.42 Å². The van der Waals surface area contributed by atoms with Gasteiger partial charge in [0.25, 0.3) is 0 Å². The Kier molecular flexibility index (Phi) is 3.85. The normalized spacial score (nSPS) is 11.7. The van der Waals surface area contributed by atoms with Crippen LogP contribution in [0.2, 0.25) is 0 Å². The van der Waals surface area contributed by atoms with Crippen molar-refractivity contribution in [2.75, 3.05) is 19.0 Å². The molecule has 0 saturated carbocycles. The van der Waals surface area contributed by atoms with E-state index in [1.54, 1.807) is 18.2 Å². The predicted molar refractivity (Wildman–Crippen MR) is 89.2 cm³/mol. The number of carbonyl (C=O) groups is 1. The number of rotatable bonds is 3. The SMILES string of the molecule is CN(C)c1ccc2cc(C(=O)O)c(=Nc3ccccc3)oc2c1. The van der Waals surface area contributed by atoms with Crippen LogP contribution < -0.4 is 10.5 Å². The fourth-order valence-corrected chi connectivity index (χ4v) is 2.24. The van der Waals surface area contributed by atoms with Gasteiger partial charge >= 0.3 is 5.97 Å². The molecular weight excluding hydrogens is 292 g/mol. The van der Waals surface area contributed by atoms with E-state index >= 15 is 0 Å². The Morgan fingerprint density at radius 1 is 1.09 bits per heavy atom. The summed E-state index contributed by atoms with van der Waals surface area (Å²) in [5.74, 6) is -1.07. The van der Waals surface area contributed by atoms with E-state index in [0.29, 0.717) is 11.3 Å². The molecule has 0 radical (unpaired) electrons. The van der Waals surface area contributed by atoms with Crippen LogP contribution in [0.3, 0.4) is 0 Å². The number of aromatic carboxylic acids is 1. The molecule has 3 rings (SSSR count). The lowest BCUT2D eigenvalue weighted by atomic mass is 10.1. The molecule has 116 valence electrons. The van der Waals surface area contributed by atoms with Crippen molar-refractivity contribution < 1.29 is 14.3 Å². The summed E-state index contributed by atoms with van der Waals surface area (Å²) in [4.78, 5) is 17.8. The molecule has 0 saturated heterocycles. The van der Waals surface area contributed by atoms with Crippen molar-refractivity contribution in [2.45, 2.75) is 0 Å². The average Bonchev–Trinajstić information content (AvgIpc) is 2.54. The van der Waals surface area contributed by atoms with E-state index in [2.05, 4.69) is 4.99 Å². The minimum Gasteiger partial charge on any atom is -0.477 e. The number of hydrogen-bond donors (Lipinski definition) is 1.